The summed E-state index contributed by atoms with van der Waals surface area (Å²) in [7, 11) is -4.38. The van der Waals surface area contributed by atoms with E-state index in [2.05, 4.69) is 31.3 Å². The van der Waals surface area contributed by atoms with Crippen molar-refractivity contribution in [3.8, 4) is 0 Å². The zero-order chi connectivity index (χ0) is 32.7. The van der Waals surface area contributed by atoms with Crippen molar-refractivity contribution in [1.29, 1.82) is 0 Å². The molecule has 0 aromatic carbocycles. The van der Waals surface area contributed by atoms with Gasteiger partial charge in [0, 0.05) is 6.54 Å². The van der Waals surface area contributed by atoms with Crippen molar-refractivity contribution in [2.75, 3.05) is 19.8 Å². The number of hydrogen-bond donors (Lipinski definition) is 5. The average molecular weight is 647 g/mol. The van der Waals surface area contributed by atoms with E-state index in [0.29, 0.717) is 6.42 Å². The van der Waals surface area contributed by atoms with E-state index in [-0.39, 0.29) is 19.6 Å². The second-order valence-electron chi connectivity index (χ2n) is 11.9. The first-order chi connectivity index (χ1) is 21.3. The maximum absolute atomic E-state index is 12.7. The van der Waals surface area contributed by atoms with Gasteiger partial charge in [-0.1, -0.05) is 122 Å². The molecule has 4 unspecified atom stereocenters. The highest BCUT2D eigenvalue weighted by molar-refractivity contribution is 7.47. The van der Waals surface area contributed by atoms with E-state index in [1.807, 2.05) is 6.08 Å². The van der Waals surface area contributed by atoms with Gasteiger partial charge in [-0.3, -0.25) is 13.8 Å². The molecule has 0 aromatic rings. The van der Waals surface area contributed by atoms with Gasteiger partial charge in [-0.15, -0.1) is 0 Å². The van der Waals surface area contributed by atoms with Gasteiger partial charge in [0.25, 0.3) is 0 Å². The smallest absolute Gasteiger partial charge is 0.393 e. The molecule has 6 N–H and O–H groups in total. The van der Waals surface area contributed by atoms with Gasteiger partial charge in [0.15, 0.2) is 0 Å². The Morgan fingerprint density at radius 1 is 0.773 bits per heavy atom. The monoisotopic (exact) mass is 646 g/mol. The van der Waals surface area contributed by atoms with E-state index in [1.54, 1.807) is 6.08 Å². The van der Waals surface area contributed by atoms with Crippen molar-refractivity contribution in [1.82, 2.24) is 5.32 Å². The van der Waals surface area contributed by atoms with E-state index in [0.717, 1.165) is 51.4 Å². The minimum absolute atomic E-state index is 0.0479. The zero-order valence-electron chi connectivity index (χ0n) is 28.0. The lowest BCUT2D eigenvalue weighted by Gasteiger charge is -2.24. The van der Waals surface area contributed by atoms with Crippen LogP contribution >= 0.6 is 7.82 Å². The quantitative estimate of drug-likeness (QED) is 0.0284. The molecule has 0 aliphatic carbocycles. The van der Waals surface area contributed by atoms with Crippen LogP contribution in [0.25, 0.3) is 0 Å². The molecule has 0 heterocycles. The van der Waals surface area contributed by atoms with Crippen LogP contribution in [0.15, 0.2) is 24.3 Å². The molecule has 0 rings (SSSR count). The van der Waals surface area contributed by atoms with E-state index in [1.165, 1.54) is 70.6 Å². The fraction of sp³-hybridized carbons (Fsp3) is 0.853. The number of aliphatic hydroxyl groups is 2. The Kier molecular flexibility index (Phi) is 29.8. The number of phosphoric acid groups is 1. The third-order valence-electron chi connectivity index (χ3n) is 7.58. The molecule has 0 bridgehead atoms. The second-order valence-corrected chi connectivity index (χ2v) is 13.4. The molecule has 260 valence electrons. The Bertz CT molecular complexity index is 766. The van der Waals surface area contributed by atoms with E-state index in [9.17, 15) is 24.5 Å². The third-order valence-corrected chi connectivity index (χ3v) is 8.56. The van der Waals surface area contributed by atoms with Crippen LogP contribution in [0.2, 0.25) is 0 Å². The van der Waals surface area contributed by atoms with Crippen molar-refractivity contribution in [2.45, 2.75) is 167 Å². The number of nitrogens with one attached hydrogen (secondary N) is 1. The summed E-state index contributed by atoms with van der Waals surface area (Å²) in [6, 6.07) is -0.979. The molecule has 0 saturated carbocycles. The highest BCUT2D eigenvalue weighted by Gasteiger charge is 2.27. The maximum atomic E-state index is 12.7. The van der Waals surface area contributed by atoms with Gasteiger partial charge in [0.2, 0.25) is 5.91 Å². The lowest BCUT2D eigenvalue weighted by Crippen LogP contribution is -2.46. The van der Waals surface area contributed by atoms with Crippen molar-refractivity contribution >= 4 is 13.7 Å². The Morgan fingerprint density at radius 3 is 1.82 bits per heavy atom. The fourth-order valence-corrected chi connectivity index (χ4v) is 5.63. The summed E-state index contributed by atoms with van der Waals surface area (Å²) in [4.78, 5) is 22.5. The van der Waals surface area contributed by atoms with Gasteiger partial charge < -0.3 is 26.2 Å². The number of amides is 1. The Labute approximate surface area is 269 Å². The molecule has 10 heteroatoms. The number of nitrogens with two attached hydrogens (primary N) is 1. The van der Waals surface area contributed by atoms with Gasteiger partial charge in [-0.2, -0.15) is 0 Å². The van der Waals surface area contributed by atoms with Crippen LogP contribution in [0.5, 0.6) is 0 Å². The molecule has 9 nitrogen and oxygen atoms in total. The minimum atomic E-state index is -4.38. The first kappa shape index (κ1) is 42.9. The largest absolute Gasteiger partial charge is 0.472 e. The lowest BCUT2D eigenvalue weighted by molar-refractivity contribution is -0.124. The summed E-state index contributed by atoms with van der Waals surface area (Å²) in [5.41, 5.74) is 5.32. The lowest BCUT2D eigenvalue weighted by atomic mass is 10.0. The Morgan fingerprint density at radius 2 is 1.27 bits per heavy atom. The Hall–Kier alpha value is -1.06. The van der Waals surface area contributed by atoms with Gasteiger partial charge in [-0.25, -0.2) is 4.57 Å². The van der Waals surface area contributed by atoms with Gasteiger partial charge in [0.05, 0.1) is 37.9 Å². The maximum Gasteiger partial charge on any atom is 0.472 e. The van der Waals surface area contributed by atoms with Crippen LogP contribution in [-0.2, 0) is 18.4 Å². The number of carbonyl (C=O) groups excluding carboxylic acids is 1. The summed E-state index contributed by atoms with van der Waals surface area (Å²) in [6.45, 7) is 3.87. The summed E-state index contributed by atoms with van der Waals surface area (Å²) in [5.74, 6) is -0.457. The molecule has 0 aliphatic heterocycles. The van der Waals surface area contributed by atoms with E-state index >= 15 is 0 Å². The number of unbranched alkanes of at least 4 members (excludes halogenated alkanes) is 16. The SMILES string of the molecule is CCCCCCC/C=C/C(O)C(COP(=O)(O)OCCN)NC(=O)CC(O)CCCCCCC/C=C\CCCCCCCC. The molecule has 0 aliphatic rings. The highest BCUT2D eigenvalue weighted by Crippen LogP contribution is 2.43. The third kappa shape index (κ3) is 28.4. The highest BCUT2D eigenvalue weighted by atomic mass is 31.2. The molecular formula is C34H67N2O7P. The van der Waals surface area contributed by atoms with Crippen LogP contribution in [0.1, 0.15) is 149 Å². The van der Waals surface area contributed by atoms with Crippen LogP contribution in [0, 0.1) is 0 Å². The topological polar surface area (TPSA) is 151 Å². The summed E-state index contributed by atoms with van der Waals surface area (Å²) in [6.07, 6.45) is 28.6. The predicted molar refractivity (Wildman–Crippen MR) is 181 cm³/mol. The van der Waals surface area contributed by atoms with E-state index < -0.39 is 38.6 Å². The zero-order valence-corrected chi connectivity index (χ0v) is 28.9. The number of rotatable bonds is 32. The summed E-state index contributed by atoms with van der Waals surface area (Å²) >= 11 is 0. The molecule has 44 heavy (non-hydrogen) atoms. The molecule has 0 spiro atoms. The fourth-order valence-electron chi connectivity index (χ4n) is 4.87. The molecule has 0 aromatic heterocycles. The second kappa shape index (κ2) is 30.6. The number of allylic oxidation sites excluding steroid dienone is 3. The van der Waals surface area contributed by atoms with Crippen molar-refractivity contribution in [3.05, 3.63) is 24.3 Å². The molecule has 0 saturated heterocycles. The number of phosphoric ester groups is 1. The van der Waals surface area contributed by atoms with Crippen molar-refractivity contribution in [3.63, 3.8) is 0 Å². The standard InChI is InChI=1S/C34H67N2O7P/c1-3-5-7-9-11-12-13-14-15-16-17-18-20-21-23-25-31(37)29-34(39)36-32(30-43-44(40,41)42-28-27-35)33(38)26-24-22-19-10-8-6-4-2/h14-15,24,26,31-33,37-38H,3-13,16-23,25,27-30,35H2,1-2H3,(H,36,39)(H,40,41)/b15-14-,26-24+. The minimum Gasteiger partial charge on any atom is -0.393 e. The molecule has 1 amide bonds. The van der Waals surface area contributed by atoms with Crippen molar-refractivity contribution < 1.29 is 33.5 Å². The first-order valence-corrected chi connectivity index (χ1v) is 19.0. The molecule has 0 radical (unpaired) electrons. The molecule has 4 atom stereocenters. The number of aliphatic hydroxyl groups excluding tert-OH is 2. The molecular weight excluding hydrogens is 579 g/mol. The Balaban J connectivity index is 4.36. The summed E-state index contributed by atoms with van der Waals surface area (Å²) in [5, 5.41) is 23.7. The number of hydrogen-bond acceptors (Lipinski definition) is 7. The van der Waals surface area contributed by atoms with E-state index in [4.69, 9.17) is 14.8 Å². The molecule has 0 fully saturated rings. The number of carbonyl (C=O) groups is 1. The van der Waals surface area contributed by atoms with Crippen molar-refractivity contribution in [2.24, 2.45) is 5.73 Å². The predicted octanol–water partition coefficient (Wildman–Crippen LogP) is 7.63. The van der Waals surface area contributed by atoms with Gasteiger partial charge in [-0.05, 0) is 44.9 Å². The normalized spacial score (nSPS) is 15.5. The first-order valence-electron chi connectivity index (χ1n) is 17.5. The van der Waals surface area contributed by atoms with Crippen LogP contribution < -0.4 is 11.1 Å². The average Bonchev–Trinajstić information content (AvgIpc) is 2.99. The van der Waals surface area contributed by atoms with Crippen LogP contribution in [0.4, 0.5) is 0 Å². The van der Waals surface area contributed by atoms with Gasteiger partial charge in [0.1, 0.15) is 0 Å². The van der Waals surface area contributed by atoms with Crippen LogP contribution in [-0.4, -0.2) is 59.0 Å². The van der Waals surface area contributed by atoms with Crippen LogP contribution in [0.3, 0.4) is 0 Å². The summed E-state index contributed by atoms with van der Waals surface area (Å²) < 4.78 is 21.8. The van der Waals surface area contributed by atoms with Gasteiger partial charge >= 0.3 is 7.82 Å².